The Morgan fingerprint density at radius 1 is 0.950 bits per heavy atom. The normalized spacial score (nSPS) is 9.85. The quantitative estimate of drug-likeness (QED) is 0.693. The summed E-state index contributed by atoms with van der Waals surface area (Å²) in [5.41, 5.74) is 3.14. The molecule has 0 aliphatic rings. The Labute approximate surface area is 128 Å². The van der Waals surface area contributed by atoms with Crippen LogP contribution in [0.3, 0.4) is 0 Å². The van der Waals surface area contributed by atoms with Gasteiger partial charge < -0.3 is 27.0 Å². The summed E-state index contributed by atoms with van der Waals surface area (Å²) in [7, 11) is 1.68. The number of rotatable bonds is 3. The highest BCUT2D eigenvalue weighted by Gasteiger charge is 2.05. The molecule has 0 spiro atoms. The Morgan fingerprint density at radius 3 is 2.60 bits per heavy atom. The SMILES string of the molecule is COc1ccccc1Nc1cc[n+]2ccccc2c1.[Br-]. The summed E-state index contributed by atoms with van der Waals surface area (Å²) in [6.45, 7) is 0. The molecule has 2 aromatic heterocycles. The average molecular weight is 331 g/mol. The van der Waals surface area contributed by atoms with Crippen LogP contribution < -0.4 is 31.4 Å². The third-order valence-electron chi connectivity index (χ3n) is 3.03. The van der Waals surface area contributed by atoms with Crippen LogP contribution in [-0.4, -0.2) is 7.11 Å². The van der Waals surface area contributed by atoms with Crippen molar-refractivity contribution in [2.45, 2.75) is 0 Å². The maximum atomic E-state index is 5.34. The molecule has 0 amide bonds. The topological polar surface area (TPSA) is 25.4 Å². The van der Waals surface area contributed by atoms with Crippen LogP contribution in [0.25, 0.3) is 5.52 Å². The lowest BCUT2D eigenvalue weighted by Gasteiger charge is -2.10. The van der Waals surface area contributed by atoms with Crippen molar-refractivity contribution in [3.05, 3.63) is 67.0 Å². The van der Waals surface area contributed by atoms with Crippen LogP contribution in [0.15, 0.2) is 67.0 Å². The number of halogens is 1. The van der Waals surface area contributed by atoms with Gasteiger partial charge in [0.1, 0.15) is 5.75 Å². The Kier molecular flexibility index (Phi) is 4.58. The van der Waals surface area contributed by atoms with Crippen molar-refractivity contribution in [1.29, 1.82) is 0 Å². The number of nitrogens with one attached hydrogen (secondary N) is 1. The maximum Gasteiger partial charge on any atom is 0.212 e. The minimum atomic E-state index is 0. The second-order valence-corrected chi connectivity index (χ2v) is 4.27. The van der Waals surface area contributed by atoms with Crippen LogP contribution in [-0.2, 0) is 0 Å². The van der Waals surface area contributed by atoms with Gasteiger partial charge in [0.15, 0.2) is 12.4 Å². The molecule has 0 radical (unpaired) electrons. The molecular formula is C16H15BrN2O. The highest BCUT2D eigenvalue weighted by atomic mass is 79.9. The second kappa shape index (κ2) is 6.39. The highest BCUT2D eigenvalue weighted by molar-refractivity contribution is 5.67. The Hall–Kier alpha value is -2.07. The lowest BCUT2D eigenvalue weighted by molar-refractivity contribution is -0.511. The number of hydrogen-bond donors (Lipinski definition) is 1. The number of para-hydroxylation sites is 2. The highest BCUT2D eigenvalue weighted by Crippen LogP contribution is 2.26. The van der Waals surface area contributed by atoms with E-state index in [1.54, 1.807) is 7.11 Å². The third kappa shape index (κ3) is 2.91. The third-order valence-corrected chi connectivity index (χ3v) is 3.03. The van der Waals surface area contributed by atoms with Gasteiger partial charge in [0.25, 0.3) is 0 Å². The molecule has 0 unspecified atom stereocenters. The zero-order valence-corrected chi connectivity index (χ0v) is 12.7. The van der Waals surface area contributed by atoms with E-state index in [0.29, 0.717) is 0 Å². The molecule has 0 bridgehead atoms. The van der Waals surface area contributed by atoms with Crippen molar-refractivity contribution in [3.63, 3.8) is 0 Å². The molecule has 0 aliphatic carbocycles. The molecule has 0 saturated heterocycles. The predicted octanol–water partition coefficient (Wildman–Crippen LogP) is 0.181. The smallest absolute Gasteiger partial charge is 0.212 e. The van der Waals surface area contributed by atoms with Gasteiger partial charge in [-0.25, -0.2) is 0 Å². The van der Waals surface area contributed by atoms with E-state index in [4.69, 9.17) is 4.74 Å². The van der Waals surface area contributed by atoms with E-state index in [1.165, 1.54) is 0 Å². The molecule has 4 heteroatoms. The van der Waals surface area contributed by atoms with E-state index >= 15 is 0 Å². The van der Waals surface area contributed by atoms with Gasteiger partial charge in [-0.1, -0.05) is 12.1 Å². The molecule has 0 atom stereocenters. The summed E-state index contributed by atoms with van der Waals surface area (Å²) >= 11 is 0. The van der Waals surface area contributed by atoms with E-state index in [0.717, 1.165) is 22.6 Å². The van der Waals surface area contributed by atoms with Gasteiger partial charge in [-0.05, 0) is 18.2 Å². The molecule has 3 rings (SSSR count). The fourth-order valence-corrected chi connectivity index (χ4v) is 2.08. The van der Waals surface area contributed by atoms with Gasteiger partial charge in [0, 0.05) is 24.3 Å². The number of anilines is 2. The van der Waals surface area contributed by atoms with E-state index in [1.807, 2.05) is 54.9 Å². The number of hydrogen-bond acceptors (Lipinski definition) is 2. The first-order valence-electron chi connectivity index (χ1n) is 6.17. The van der Waals surface area contributed by atoms with Crippen LogP contribution in [0.4, 0.5) is 11.4 Å². The van der Waals surface area contributed by atoms with E-state index < -0.39 is 0 Å². The molecule has 20 heavy (non-hydrogen) atoms. The summed E-state index contributed by atoms with van der Waals surface area (Å²) in [6.07, 6.45) is 4.06. The van der Waals surface area contributed by atoms with Gasteiger partial charge in [0.2, 0.25) is 5.52 Å². The number of methoxy groups -OCH3 is 1. The lowest BCUT2D eigenvalue weighted by atomic mass is 10.2. The molecule has 2 heterocycles. The average Bonchev–Trinajstić information content (AvgIpc) is 2.48. The summed E-state index contributed by atoms with van der Waals surface area (Å²) in [6, 6.07) is 18.2. The van der Waals surface area contributed by atoms with Crippen molar-refractivity contribution in [1.82, 2.24) is 0 Å². The monoisotopic (exact) mass is 330 g/mol. The number of nitrogens with zero attached hydrogens (tertiary/aromatic N) is 1. The van der Waals surface area contributed by atoms with Gasteiger partial charge in [-0.3, -0.25) is 0 Å². The molecule has 102 valence electrons. The van der Waals surface area contributed by atoms with Crippen LogP contribution in [0.2, 0.25) is 0 Å². The van der Waals surface area contributed by atoms with Crippen LogP contribution in [0, 0.1) is 0 Å². The van der Waals surface area contributed by atoms with Crippen molar-refractivity contribution < 1.29 is 26.1 Å². The summed E-state index contributed by atoms with van der Waals surface area (Å²) < 4.78 is 7.41. The van der Waals surface area contributed by atoms with E-state index in [-0.39, 0.29) is 17.0 Å². The number of pyridine rings is 2. The maximum absolute atomic E-state index is 5.34. The largest absolute Gasteiger partial charge is 1.00 e. The van der Waals surface area contributed by atoms with Gasteiger partial charge in [-0.15, -0.1) is 0 Å². The van der Waals surface area contributed by atoms with Gasteiger partial charge in [-0.2, -0.15) is 4.40 Å². The summed E-state index contributed by atoms with van der Waals surface area (Å²) in [5, 5.41) is 3.38. The van der Waals surface area contributed by atoms with E-state index in [9.17, 15) is 0 Å². The zero-order valence-electron chi connectivity index (χ0n) is 11.1. The first-order chi connectivity index (χ1) is 9.36. The molecular weight excluding hydrogens is 316 g/mol. The van der Waals surface area contributed by atoms with Gasteiger partial charge in [0.05, 0.1) is 18.5 Å². The first-order valence-corrected chi connectivity index (χ1v) is 6.17. The van der Waals surface area contributed by atoms with Crippen molar-refractivity contribution in [2.24, 2.45) is 0 Å². The zero-order chi connectivity index (χ0) is 13.1. The lowest BCUT2D eigenvalue weighted by Crippen LogP contribution is -3.00. The Morgan fingerprint density at radius 2 is 1.75 bits per heavy atom. The summed E-state index contributed by atoms with van der Waals surface area (Å²) in [4.78, 5) is 0. The standard InChI is InChI=1S/C16H14N2O.BrH/c1-19-16-8-3-2-7-15(16)17-13-9-11-18-10-5-4-6-14(18)12-13;/h2-12H,1H3;1H. The molecule has 1 aromatic carbocycles. The minimum Gasteiger partial charge on any atom is -1.00 e. The first kappa shape index (κ1) is 14.3. The van der Waals surface area contributed by atoms with Crippen molar-refractivity contribution >= 4 is 16.9 Å². The fourth-order valence-electron chi connectivity index (χ4n) is 2.08. The van der Waals surface area contributed by atoms with Crippen molar-refractivity contribution in [2.75, 3.05) is 12.4 Å². The molecule has 1 N–H and O–H groups in total. The Balaban J connectivity index is 0.00000147. The number of aromatic nitrogens is 1. The number of ether oxygens (including phenoxy) is 1. The second-order valence-electron chi connectivity index (χ2n) is 4.27. The molecule has 3 aromatic rings. The minimum absolute atomic E-state index is 0. The molecule has 0 fully saturated rings. The van der Waals surface area contributed by atoms with Crippen LogP contribution in [0.5, 0.6) is 5.75 Å². The van der Waals surface area contributed by atoms with Crippen molar-refractivity contribution in [3.8, 4) is 5.75 Å². The number of fused-ring (bicyclic) bond motifs is 1. The van der Waals surface area contributed by atoms with Crippen LogP contribution >= 0.6 is 0 Å². The number of benzene rings is 1. The molecule has 3 nitrogen and oxygen atoms in total. The summed E-state index contributed by atoms with van der Waals surface area (Å²) in [5.74, 6) is 0.836. The Bertz CT molecular complexity index is 715. The molecule has 0 saturated carbocycles. The fraction of sp³-hybridized carbons (Fsp3) is 0.0625. The van der Waals surface area contributed by atoms with E-state index in [2.05, 4.69) is 21.9 Å². The van der Waals surface area contributed by atoms with Crippen LogP contribution in [0.1, 0.15) is 0 Å². The van der Waals surface area contributed by atoms with Gasteiger partial charge >= 0.3 is 0 Å². The predicted molar refractivity (Wildman–Crippen MR) is 75.9 cm³/mol. The molecule has 0 aliphatic heterocycles.